The van der Waals surface area contributed by atoms with Crippen LogP contribution in [-0.2, 0) is 19.5 Å². The Morgan fingerprint density at radius 2 is 2.14 bits per heavy atom. The van der Waals surface area contributed by atoms with Crippen molar-refractivity contribution in [2.75, 3.05) is 6.54 Å². The molecular weight excluding hydrogens is 264 g/mol. The molecule has 5 nitrogen and oxygen atoms in total. The van der Waals surface area contributed by atoms with E-state index in [2.05, 4.69) is 14.9 Å². The molecule has 0 N–H and O–H groups in total. The maximum Gasteiger partial charge on any atom is 0.191 e. The van der Waals surface area contributed by atoms with Crippen LogP contribution in [0.4, 0.5) is 0 Å². The van der Waals surface area contributed by atoms with Gasteiger partial charge in [-0.3, -0.25) is 4.90 Å². The average molecular weight is 284 g/mol. The summed E-state index contributed by atoms with van der Waals surface area (Å²) in [7, 11) is 0. The molecule has 2 aromatic rings. The van der Waals surface area contributed by atoms with E-state index < -0.39 is 0 Å². The minimum atomic E-state index is 0.633. The molecule has 1 aliphatic heterocycles. The molecule has 1 aliphatic carbocycles. The Hall–Kier alpha value is -1.75. The van der Waals surface area contributed by atoms with E-state index in [-0.39, 0.29) is 0 Å². The highest BCUT2D eigenvalue weighted by Gasteiger charge is 2.28. The first-order valence-corrected chi connectivity index (χ1v) is 7.69. The van der Waals surface area contributed by atoms with E-state index in [0.29, 0.717) is 5.92 Å². The van der Waals surface area contributed by atoms with E-state index in [1.165, 1.54) is 24.1 Å². The van der Waals surface area contributed by atoms with Crippen LogP contribution in [0.2, 0.25) is 0 Å². The van der Waals surface area contributed by atoms with Gasteiger partial charge in [0.15, 0.2) is 5.89 Å². The minimum absolute atomic E-state index is 0.633. The molecule has 0 atom stereocenters. The lowest BCUT2D eigenvalue weighted by Gasteiger charge is -2.27. The van der Waals surface area contributed by atoms with Gasteiger partial charge in [0.25, 0.3) is 0 Å². The predicted octanol–water partition coefficient (Wildman–Crippen LogP) is 2.52. The van der Waals surface area contributed by atoms with E-state index >= 15 is 0 Å². The molecule has 0 unspecified atom stereocenters. The van der Waals surface area contributed by atoms with Gasteiger partial charge in [-0.1, -0.05) is 0 Å². The molecule has 110 valence electrons. The van der Waals surface area contributed by atoms with Crippen molar-refractivity contribution in [3.63, 3.8) is 0 Å². The molecular formula is C16H20N4O. The number of aryl methyl sites for hydroxylation is 2. The lowest BCUT2D eigenvalue weighted by atomic mass is 10.1. The molecule has 4 rings (SSSR count). The molecule has 0 bridgehead atoms. The molecule has 0 radical (unpaired) electrons. The third-order valence-corrected chi connectivity index (χ3v) is 4.35. The number of rotatable bonds is 3. The van der Waals surface area contributed by atoms with Gasteiger partial charge in [-0.05, 0) is 19.8 Å². The highest BCUT2D eigenvalue weighted by Crippen LogP contribution is 2.38. The number of oxazole rings is 1. The SMILES string of the molecule is Cc1nc(CN2CCc3nc(C4CC4)ncc3C2)c(C)o1. The van der Waals surface area contributed by atoms with Crippen LogP contribution in [0.15, 0.2) is 10.6 Å². The maximum absolute atomic E-state index is 5.51. The second kappa shape index (κ2) is 4.91. The summed E-state index contributed by atoms with van der Waals surface area (Å²) in [6, 6.07) is 0. The third kappa shape index (κ3) is 2.58. The van der Waals surface area contributed by atoms with E-state index in [9.17, 15) is 0 Å². The summed E-state index contributed by atoms with van der Waals surface area (Å²) in [5, 5.41) is 0. The lowest BCUT2D eigenvalue weighted by molar-refractivity contribution is 0.239. The normalized spacial score (nSPS) is 18.8. The van der Waals surface area contributed by atoms with Crippen molar-refractivity contribution in [2.24, 2.45) is 0 Å². The van der Waals surface area contributed by atoms with Crippen LogP contribution in [-0.4, -0.2) is 26.4 Å². The Bertz CT molecular complexity index is 675. The van der Waals surface area contributed by atoms with Crippen molar-refractivity contribution in [3.05, 3.63) is 40.6 Å². The van der Waals surface area contributed by atoms with Crippen molar-refractivity contribution in [1.29, 1.82) is 0 Å². The van der Waals surface area contributed by atoms with Crippen LogP contribution in [0.25, 0.3) is 0 Å². The monoisotopic (exact) mass is 284 g/mol. The van der Waals surface area contributed by atoms with E-state index in [0.717, 1.165) is 49.2 Å². The van der Waals surface area contributed by atoms with Gasteiger partial charge in [0, 0.05) is 56.4 Å². The summed E-state index contributed by atoms with van der Waals surface area (Å²) in [4.78, 5) is 16.2. The highest BCUT2D eigenvalue weighted by atomic mass is 16.4. The van der Waals surface area contributed by atoms with Gasteiger partial charge >= 0.3 is 0 Å². The first-order chi connectivity index (χ1) is 10.2. The van der Waals surface area contributed by atoms with Crippen LogP contribution in [0.1, 0.15) is 53.2 Å². The topological polar surface area (TPSA) is 55.1 Å². The largest absolute Gasteiger partial charge is 0.446 e. The maximum atomic E-state index is 5.51. The molecule has 1 fully saturated rings. The Labute approximate surface area is 124 Å². The first kappa shape index (κ1) is 13.0. The van der Waals surface area contributed by atoms with Crippen molar-refractivity contribution < 1.29 is 4.42 Å². The van der Waals surface area contributed by atoms with Crippen LogP contribution in [0.5, 0.6) is 0 Å². The fraction of sp³-hybridized carbons (Fsp3) is 0.562. The molecule has 3 heterocycles. The summed E-state index contributed by atoms with van der Waals surface area (Å²) in [5.41, 5.74) is 3.56. The van der Waals surface area contributed by atoms with Crippen molar-refractivity contribution >= 4 is 0 Å². The smallest absolute Gasteiger partial charge is 0.191 e. The fourth-order valence-corrected chi connectivity index (χ4v) is 2.99. The molecule has 2 aromatic heterocycles. The summed E-state index contributed by atoms with van der Waals surface area (Å²) in [5.74, 6) is 3.37. The van der Waals surface area contributed by atoms with Gasteiger partial charge in [0.1, 0.15) is 11.6 Å². The van der Waals surface area contributed by atoms with Gasteiger partial charge in [-0.15, -0.1) is 0 Å². The van der Waals surface area contributed by atoms with Gasteiger partial charge in [0.2, 0.25) is 0 Å². The molecule has 0 aromatic carbocycles. The summed E-state index contributed by atoms with van der Waals surface area (Å²) in [6.07, 6.45) is 5.56. The van der Waals surface area contributed by atoms with E-state index in [1.54, 1.807) is 0 Å². The van der Waals surface area contributed by atoms with Crippen molar-refractivity contribution in [3.8, 4) is 0 Å². The quantitative estimate of drug-likeness (QED) is 0.867. The molecule has 1 saturated carbocycles. The van der Waals surface area contributed by atoms with Crippen LogP contribution in [0, 0.1) is 13.8 Å². The van der Waals surface area contributed by atoms with Crippen LogP contribution >= 0.6 is 0 Å². The number of aromatic nitrogens is 3. The van der Waals surface area contributed by atoms with Gasteiger partial charge in [-0.25, -0.2) is 15.0 Å². The van der Waals surface area contributed by atoms with Crippen LogP contribution < -0.4 is 0 Å². The summed E-state index contributed by atoms with van der Waals surface area (Å²) in [6.45, 7) is 6.66. The molecule has 5 heteroatoms. The number of hydrogen-bond acceptors (Lipinski definition) is 5. The number of fused-ring (bicyclic) bond motifs is 1. The van der Waals surface area contributed by atoms with Crippen LogP contribution in [0.3, 0.4) is 0 Å². The Balaban J connectivity index is 1.50. The minimum Gasteiger partial charge on any atom is -0.446 e. The van der Waals surface area contributed by atoms with Gasteiger partial charge in [0.05, 0.1) is 5.69 Å². The van der Waals surface area contributed by atoms with E-state index in [1.807, 2.05) is 20.0 Å². The average Bonchev–Trinajstić information content (AvgIpc) is 3.26. The zero-order valence-corrected chi connectivity index (χ0v) is 12.6. The fourth-order valence-electron chi connectivity index (χ4n) is 2.99. The number of hydrogen-bond donors (Lipinski definition) is 0. The third-order valence-electron chi connectivity index (χ3n) is 4.35. The summed E-state index contributed by atoms with van der Waals surface area (Å²) >= 11 is 0. The Morgan fingerprint density at radius 3 is 2.86 bits per heavy atom. The second-order valence-electron chi connectivity index (χ2n) is 6.17. The van der Waals surface area contributed by atoms with E-state index in [4.69, 9.17) is 9.40 Å². The predicted molar refractivity (Wildman–Crippen MR) is 77.8 cm³/mol. The lowest BCUT2D eigenvalue weighted by Crippen LogP contribution is -2.31. The molecule has 0 spiro atoms. The van der Waals surface area contributed by atoms with Crippen molar-refractivity contribution in [2.45, 2.75) is 52.1 Å². The number of nitrogens with zero attached hydrogens (tertiary/aromatic N) is 4. The zero-order valence-electron chi connectivity index (χ0n) is 12.6. The van der Waals surface area contributed by atoms with Gasteiger partial charge in [-0.2, -0.15) is 0 Å². The van der Waals surface area contributed by atoms with Crippen molar-refractivity contribution in [1.82, 2.24) is 19.9 Å². The Morgan fingerprint density at radius 1 is 1.29 bits per heavy atom. The molecule has 0 amide bonds. The second-order valence-corrected chi connectivity index (χ2v) is 6.17. The first-order valence-electron chi connectivity index (χ1n) is 7.69. The molecule has 21 heavy (non-hydrogen) atoms. The Kier molecular flexibility index (Phi) is 3.03. The highest BCUT2D eigenvalue weighted by molar-refractivity contribution is 5.23. The summed E-state index contributed by atoms with van der Waals surface area (Å²) < 4.78 is 5.51. The standard InChI is InChI=1S/C16H20N4O/c1-10-15(18-11(2)21-10)9-20-6-5-14-13(8-20)7-17-16(19-14)12-3-4-12/h7,12H,3-6,8-9H2,1-2H3. The van der Waals surface area contributed by atoms with Gasteiger partial charge < -0.3 is 4.42 Å². The molecule has 2 aliphatic rings. The molecule has 0 saturated heterocycles. The zero-order chi connectivity index (χ0) is 14.4.